The summed E-state index contributed by atoms with van der Waals surface area (Å²) in [6.07, 6.45) is 8.40. The Labute approximate surface area is 222 Å². The van der Waals surface area contributed by atoms with Gasteiger partial charge in [0.2, 0.25) is 0 Å². The van der Waals surface area contributed by atoms with Gasteiger partial charge < -0.3 is 5.32 Å². The Hall–Kier alpha value is -3.65. The van der Waals surface area contributed by atoms with Crippen LogP contribution in [0, 0.1) is 11.7 Å². The fraction of sp³-hybridized carbons (Fsp3) is 0.300. The molecule has 1 N–H and O–H groups in total. The van der Waals surface area contributed by atoms with Crippen molar-refractivity contribution in [3.05, 3.63) is 90.0 Å². The lowest BCUT2D eigenvalue weighted by atomic mass is 9.75. The number of benzene rings is 2. The summed E-state index contributed by atoms with van der Waals surface area (Å²) in [5.41, 5.74) is 4.18. The largest absolute Gasteiger partial charge is 0.349 e. The third-order valence-corrected chi connectivity index (χ3v) is 8.61. The highest BCUT2D eigenvalue weighted by Gasteiger charge is 2.28. The van der Waals surface area contributed by atoms with Crippen molar-refractivity contribution in [2.75, 3.05) is 6.26 Å². The lowest BCUT2D eigenvalue weighted by molar-refractivity contribution is 0.0918. The maximum absolute atomic E-state index is 13.9. The molecule has 1 amide bonds. The molecule has 0 radical (unpaired) electrons. The first-order valence-corrected chi connectivity index (χ1v) is 14.7. The molecular weight excluding hydrogens is 501 g/mol. The van der Waals surface area contributed by atoms with Gasteiger partial charge in [0.1, 0.15) is 5.82 Å². The number of pyridine rings is 2. The molecular formula is C30H30FN3O3S. The summed E-state index contributed by atoms with van der Waals surface area (Å²) >= 11 is 0. The predicted octanol–water partition coefficient (Wildman–Crippen LogP) is 5.93. The van der Waals surface area contributed by atoms with Crippen LogP contribution in [0.2, 0.25) is 0 Å². The number of hydrogen-bond acceptors (Lipinski definition) is 5. The SMILES string of the molecule is C[C@@H](NC(=O)c1ccc(-c2ccc(S(C)(=O)=O)nc2)cc1)[C@H]1CC[C@H](c2ccnc3ccc(F)cc32)CC1. The molecule has 1 atom stereocenters. The molecule has 0 unspecified atom stereocenters. The van der Waals surface area contributed by atoms with Crippen molar-refractivity contribution in [2.45, 2.75) is 49.6 Å². The summed E-state index contributed by atoms with van der Waals surface area (Å²) in [5, 5.41) is 4.09. The molecule has 1 saturated carbocycles. The monoisotopic (exact) mass is 531 g/mol. The van der Waals surface area contributed by atoms with Gasteiger partial charge in [-0.15, -0.1) is 0 Å². The average Bonchev–Trinajstić information content (AvgIpc) is 2.92. The van der Waals surface area contributed by atoms with Crippen molar-refractivity contribution in [1.82, 2.24) is 15.3 Å². The maximum atomic E-state index is 13.9. The fourth-order valence-corrected chi connectivity index (χ4v) is 5.98. The first-order chi connectivity index (χ1) is 18.2. The summed E-state index contributed by atoms with van der Waals surface area (Å²) in [5.74, 6) is 0.368. The van der Waals surface area contributed by atoms with Gasteiger partial charge in [0.25, 0.3) is 5.91 Å². The van der Waals surface area contributed by atoms with Crippen molar-refractivity contribution in [3.8, 4) is 11.1 Å². The minimum Gasteiger partial charge on any atom is -0.349 e. The molecule has 0 bridgehead atoms. The molecule has 0 saturated heterocycles. The standard InChI is InChI=1S/C30H30FN3O3S/c1-19(20-3-7-22(8-4-20)26-15-16-32-28-13-12-25(31)17-27(26)28)34-30(35)23-9-5-21(6-10-23)24-11-14-29(33-18-24)38(2,36)37/h5-6,9-20,22H,3-4,7-8H2,1-2H3,(H,34,35)/t19-,20-,22-/m1/s1. The number of carbonyl (C=O) groups is 1. The molecule has 0 aliphatic heterocycles. The lowest BCUT2D eigenvalue weighted by Crippen LogP contribution is -2.39. The van der Waals surface area contributed by atoms with Crippen LogP contribution in [0.15, 0.2) is 78.1 Å². The van der Waals surface area contributed by atoms with Gasteiger partial charge in [-0.1, -0.05) is 12.1 Å². The molecule has 2 aromatic carbocycles. The van der Waals surface area contributed by atoms with Crippen LogP contribution in [0.4, 0.5) is 4.39 Å². The number of nitrogens with one attached hydrogen (secondary N) is 1. The molecule has 196 valence electrons. The highest BCUT2D eigenvalue weighted by atomic mass is 32.2. The van der Waals surface area contributed by atoms with Crippen LogP contribution in [-0.2, 0) is 9.84 Å². The van der Waals surface area contributed by atoms with E-state index in [9.17, 15) is 17.6 Å². The Kier molecular flexibility index (Phi) is 7.25. The Morgan fingerprint density at radius 1 is 0.947 bits per heavy atom. The molecule has 38 heavy (non-hydrogen) atoms. The van der Waals surface area contributed by atoms with Crippen molar-refractivity contribution in [2.24, 2.45) is 5.92 Å². The number of fused-ring (bicyclic) bond motifs is 1. The van der Waals surface area contributed by atoms with Gasteiger partial charge in [0.15, 0.2) is 14.9 Å². The van der Waals surface area contributed by atoms with Crippen LogP contribution in [-0.4, -0.2) is 36.6 Å². The zero-order chi connectivity index (χ0) is 26.9. The highest BCUT2D eigenvalue weighted by molar-refractivity contribution is 7.90. The molecule has 1 aliphatic carbocycles. The van der Waals surface area contributed by atoms with Gasteiger partial charge in [-0.25, -0.2) is 17.8 Å². The number of nitrogens with zero attached hydrogens (tertiary/aromatic N) is 2. The van der Waals surface area contributed by atoms with E-state index >= 15 is 0 Å². The molecule has 8 heteroatoms. The van der Waals surface area contributed by atoms with Crippen LogP contribution < -0.4 is 5.32 Å². The van der Waals surface area contributed by atoms with Gasteiger partial charge in [-0.05, 0) is 104 Å². The quantitative estimate of drug-likeness (QED) is 0.333. The number of halogens is 1. The zero-order valence-corrected chi connectivity index (χ0v) is 22.2. The van der Waals surface area contributed by atoms with E-state index in [-0.39, 0.29) is 22.8 Å². The molecule has 1 aliphatic rings. The highest BCUT2D eigenvalue weighted by Crippen LogP contribution is 2.39. The number of aromatic nitrogens is 2. The lowest BCUT2D eigenvalue weighted by Gasteiger charge is -2.33. The summed E-state index contributed by atoms with van der Waals surface area (Å²) in [4.78, 5) is 21.3. The smallest absolute Gasteiger partial charge is 0.251 e. The summed E-state index contributed by atoms with van der Waals surface area (Å²) in [6, 6.07) is 17.2. The Bertz CT molecular complexity index is 1560. The first-order valence-electron chi connectivity index (χ1n) is 12.8. The van der Waals surface area contributed by atoms with E-state index in [0.29, 0.717) is 17.4 Å². The van der Waals surface area contributed by atoms with Crippen LogP contribution in [0.25, 0.3) is 22.0 Å². The number of amides is 1. The Balaban J connectivity index is 1.19. The molecule has 5 rings (SSSR count). The van der Waals surface area contributed by atoms with Gasteiger partial charge in [-0.2, -0.15) is 0 Å². The van der Waals surface area contributed by atoms with Crippen LogP contribution >= 0.6 is 0 Å². The van der Waals surface area contributed by atoms with Crippen molar-refractivity contribution in [3.63, 3.8) is 0 Å². The topological polar surface area (TPSA) is 89.0 Å². The van der Waals surface area contributed by atoms with Crippen molar-refractivity contribution < 1.29 is 17.6 Å². The number of rotatable bonds is 6. The van der Waals surface area contributed by atoms with Gasteiger partial charge >= 0.3 is 0 Å². The summed E-state index contributed by atoms with van der Waals surface area (Å²) < 4.78 is 37.1. The van der Waals surface area contributed by atoms with Gasteiger partial charge in [0, 0.05) is 41.2 Å². The van der Waals surface area contributed by atoms with E-state index in [1.165, 1.54) is 18.3 Å². The Morgan fingerprint density at radius 3 is 2.32 bits per heavy atom. The number of hydrogen-bond donors (Lipinski definition) is 1. The van der Waals surface area contributed by atoms with Gasteiger partial charge in [0.05, 0.1) is 5.52 Å². The van der Waals surface area contributed by atoms with Gasteiger partial charge in [-0.3, -0.25) is 9.78 Å². The van der Waals surface area contributed by atoms with E-state index < -0.39 is 9.84 Å². The van der Waals surface area contributed by atoms with Crippen LogP contribution in [0.1, 0.15) is 54.4 Å². The van der Waals surface area contributed by atoms with E-state index in [1.807, 2.05) is 18.2 Å². The molecule has 4 aromatic rings. The van der Waals surface area contributed by atoms with Crippen LogP contribution in [0.3, 0.4) is 0 Å². The normalized spacial score (nSPS) is 18.7. The van der Waals surface area contributed by atoms with Crippen molar-refractivity contribution >= 4 is 26.6 Å². The minimum absolute atomic E-state index is 0.0301. The Morgan fingerprint density at radius 2 is 1.66 bits per heavy atom. The number of carbonyl (C=O) groups excluding carboxylic acids is 1. The third kappa shape index (κ3) is 5.60. The fourth-order valence-electron chi connectivity index (χ4n) is 5.42. The van der Waals surface area contributed by atoms with Crippen molar-refractivity contribution in [1.29, 1.82) is 0 Å². The first kappa shape index (κ1) is 26.0. The second kappa shape index (κ2) is 10.6. The maximum Gasteiger partial charge on any atom is 0.251 e. The molecule has 2 aromatic heterocycles. The zero-order valence-electron chi connectivity index (χ0n) is 21.4. The third-order valence-electron chi connectivity index (χ3n) is 7.61. The second-order valence-corrected chi connectivity index (χ2v) is 12.1. The predicted molar refractivity (Wildman–Crippen MR) is 146 cm³/mol. The van der Waals surface area contributed by atoms with E-state index in [2.05, 4.69) is 22.2 Å². The number of sulfone groups is 1. The van der Waals surface area contributed by atoms with E-state index in [4.69, 9.17) is 0 Å². The molecule has 6 nitrogen and oxygen atoms in total. The van der Waals surface area contributed by atoms with Crippen LogP contribution in [0.5, 0.6) is 0 Å². The average molecular weight is 532 g/mol. The minimum atomic E-state index is -3.35. The summed E-state index contributed by atoms with van der Waals surface area (Å²) in [7, 11) is -3.35. The second-order valence-electron chi connectivity index (χ2n) is 10.2. The summed E-state index contributed by atoms with van der Waals surface area (Å²) in [6.45, 7) is 2.06. The van der Waals surface area contributed by atoms with E-state index in [1.54, 1.807) is 36.5 Å². The molecule has 2 heterocycles. The molecule has 0 spiro atoms. The molecule has 1 fully saturated rings. The van der Waals surface area contributed by atoms with E-state index in [0.717, 1.165) is 59.5 Å².